The van der Waals surface area contributed by atoms with E-state index in [-0.39, 0.29) is 18.0 Å². The van der Waals surface area contributed by atoms with Crippen LogP contribution in [0.1, 0.15) is 33.6 Å². The van der Waals surface area contributed by atoms with Crippen LogP contribution in [0.15, 0.2) is 0 Å². The third kappa shape index (κ3) is 7.31. The van der Waals surface area contributed by atoms with Crippen molar-refractivity contribution in [1.82, 2.24) is 0 Å². The Hall–Kier alpha value is -1.06. The van der Waals surface area contributed by atoms with Crippen molar-refractivity contribution in [3.05, 3.63) is 0 Å². The van der Waals surface area contributed by atoms with E-state index in [4.69, 9.17) is 9.47 Å². The van der Waals surface area contributed by atoms with E-state index in [2.05, 4.69) is 0 Å². The van der Waals surface area contributed by atoms with Crippen molar-refractivity contribution < 1.29 is 19.1 Å². The fourth-order valence-corrected chi connectivity index (χ4v) is 0.897. The molecule has 0 aliphatic heterocycles. The standard InChI is InChI=1S/C9H16O4/c1-4-12-9(11)6-5-7(2)13-8(3)10/h7H,4-6H2,1-3H3. The Morgan fingerprint density at radius 2 is 2.00 bits per heavy atom. The quantitative estimate of drug-likeness (QED) is 0.610. The molecule has 1 unspecified atom stereocenters. The molecule has 0 saturated heterocycles. The van der Waals surface area contributed by atoms with Crippen molar-refractivity contribution >= 4 is 11.9 Å². The van der Waals surface area contributed by atoms with Crippen LogP contribution < -0.4 is 0 Å². The molecule has 0 bridgehead atoms. The summed E-state index contributed by atoms with van der Waals surface area (Å²) in [5.41, 5.74) is 0. The molecular weight excluding hydrogens is 172 g/mol. The molecule has 1 atom stereocenters. The second-order valence-corrected chi connectivity index (χ2v) is 2.76. The average Bonchev–Trinajstić information content (AvgIpc) is 2.00. The summed E-state index contributed by atoms with van der Waals surface area (Å²) in [6.45, 7) is 5.25. The van der Waals surface area contributed by atoms with E-state index in [1.54, 1.807) is 13.8 Å². The van der Waals surface area contributed by atoms with Gasteiger partial charge in [0, 0.05) is 13.3 Å². The molecule has 0 aromatic rings. The van der Waals surface area contributed by atoms with Crippen LogP contribution >= 0.6 is 0 Å². The van der Waals surface area contributed by atoms with E-state index in [0.717, 1.165) is 0 Å². The molecule has 0 aliphatic rings. The Morgan fingerprint density at radius 3 is 2.46 bits per heavy atom. The van der Waals surface area contributed by atoms with Gasteiger partial charge in [0.15, 0.2) is 0 Å². The first kappa shape index (κ1) is 11.9. The molecule has 0 aliphatic carbocycles. The van der Waals surface area contributed by atoms with Crippen molar-refractivity contribution in [2.45, 2.75) is 39.7 Å². The molecular formula is C9H16O4. The number of rotatable bonds is 5. The summed E-state index contributed by atoms with van der Waals surface area (Å²) in [7, 11) is 0. The topological polar surface area (TPSA) is 52.6 Å². The molecule has 0 rings (SSSR count). The van der Waals surface area contributed by atoms with Gasteiger partial charge < -0.3 is 9.47 Å². The van der Waals surface area contributed by atoms with Crippen molar-refractivity contribution in [2.24, 2.45) is 0 Å². The molecule has 76 valence electrons. The van der Waals surface area contributed by atoms with Crippen LogP contribution in [0.2, 0.25) is 0 Å². The van der Waals surface area contributed by atoms with Crippen LogP contribution in [0.4, 0.5) is 0 Å². The molecule has 0 heterocycles. The van der Waals surface area contributed by atoms with Gasteiger partial charge in [0.05, 0.1) is 12.7 Å². The molecule has 0 aromatic heterocycles. The Bertz CT molecular complexity index is 176. The summed E-state index contributed by atoms with van der Waals surface area (Å²) in [4.78, 5) is 21.4. The molecule has 4 nitrogen and oxygen atoms in total. The predicted octanol–water partition coefficient (Wildman–Crippen LogP) is 1.28. The highest BCUT2D eigenvalue weighted by Crippen LogP contribution is 2.02. The lowest BCUT2D eigenvalue weighted by Gasteiger charge is -2.10. The lowest BCUT2D eigenvalue weighted by Crippen LogP contribution is -2.14. The lowest BCUT2D eigenvalue weighted by atomic mass is 10.2. The van der Waals surface area contributed by atoms with Crippen LogP contribution in [0.5, 0.6) is 0 Å². The van der Waals surface area contributed by atoms with E-state index in [0.29, 0.717) is 19.4 Å². The second-order valence-electron chi connectivity index (χ2n) is 2.76. The van der Waals surface area contributed by atoms with Gasteiger partial charge in [-0.2, -0.15) is 0 Å². The number of hydrogen-bond donors (Lipinski definition) is 0. The maximum Gasteiger partial charge on any atom is 0.305 e. The van der Waals surface area contributed by atoms with Crippen molar-refractivity contribution in [3.63, 3.8) is 0 Å². The van der Waals surface area contributed by atoms with Crippen LogP contribution in [-0.2, 0) is 19.1 Å². The lowest BCUT2D eigenvalue weighted by molar-refractivity contribution is -0.149. The zero-order valence-electron chi connectivity index (χ0n) is 8.33. The normalized spacial score (nSPS) is 11.9. The van der Waals surface area contributed by atoms with Crippen LogP contribution in [0.3, 0.4) is 0 Å². The highest BCUT2D eigenvalue weighted by Gasteiger charge is 2.08. The largest absolute Gasteiger partial charge is 0.466 e. The molecule has 4 heteroatoms. The van der Waals surface area contributed by atoms with Gasteiger partial charge in [-0.15, -0.1) is 0 Å². The van der Waals surface area contributed by atoms with Crippen molar-refractivity contribution in [2.75, 3.05) is 6.61 Å². The second kappa shape index (κ2) is 6.46. The number of hydrogen-bond acceptors (Lipinski definition) is 4. The monoisotopic (exact) mass is 188 g/mol. The van der Waals surface area contributed by atoms with E-state index in [1.807, 2.05) is 0 Å². The summed E-state index contributed by atoms with van der Waals surface area (Å²) in [6.07, 6.45) is 0.586. The van der Waals surface area contributed by atoms with Crippen LogP contribution in [0, 0.1) is 0 Å². The van der Waals surface area contributed by atoms with E-state index >= 15 is 0 Å². The average molecular weight is 188 g/mol. The van der Waals surface area contributed by atoms with Crippen LogP contribution in [-0.4, -0.2) is 24.6 Å². The van der Waals surface area contributed by atoms with Gasteiger partial charge in [-0.25, -0.2) is 0 Å². The summed E-state index contributed by atoms with van der Waals surface area (Å²) < 4.78 is 9.55. The molecule has 13 heavy (non-hydrogen) atoms. The van der Waals surface area contributed by atoms with Crippen molar-refractivity contribution in [3.8, 4) is 0 Å². The molecule has 0 N–H and O–H groups in total. The van der Waals surface area contributed by atoms with Gasteiger partial charge in [-0.3, -0.25) is 9.59 Å². The van der Waals surface area contributed by atoms with Gasteiger partial charge in [0.1, 0.15) is 0 Å². The highest BCUT2D eigenvalue weighted by atomic mass is 16.5. The third-order valence-corrected chi connectivity index (χ3v) is 1.43. The molecule has 0 fully saturated rings. The third-order valence-electron chi connectivity index (χ3n) is 1.43. The number of esters is 2. The SMILES string of the molecule is CCOC(=O)CCC(C)OC(C)=O. The zero-order valence-corrected chi connectivity index (χ0v) is 8.33. The van der Waals surface area contributed by atoms with Gasteiger partial charge in [-0.05, 0) is 20.3 Å². The minimum atomic E-state index is -0.323. The first-order chi connectivity index (χ1) is 6.06. The van der Waals surface area contributed by atoms with Gasteiger partial charge in [-0.1, -0.05) is 0 Å². The summed E-state index contributed by atoms with van der Waals surface area (Å²) >= 11 is 0. The van der Waals surface area contributed by atoms with E-state index in [9.17, 15) is 9.59 Å². The maximum atomic E-state index is 10.9. The van der Waals surface area contributed by atoms with E-state index in [1.165, 1.54) is 6.92 Å². The van der Waals surface area contributed by atoms with Crippen LogP contribution in [0.25, 0.3) is 0 Å². The minimum Gasteiger partial charge on any atom is -0.466 e. The summed E-state index contributed by atoms with van der Waals surface area (Å²) in [6, 6.07) is 0. The summed E-state index contributed by atoms with van der Waals surface area (Å²) in [5, 5.41) is 0. The molecule has 0 saturated carbocycles. The Balaban J connectivity index is 3.51. The molecule has 0 aromatic carbocycles. The Morgan fingerprint density at radius 1 is 1.38 bits per heavy atom. The number of carbonyl (C=O) groups is 2. The van der Waals surface area contributed by atoms with Crippen molar-refractivity contribution in [1.29, 1.82) is 0 Å². The summed E-state index contributed by atoms with van der Waals surface area (Å²) in [5.74, 6) is -0.571. The number of ether oxygens (including phenoxy) is 2. The molecule has 0 amide bonds. The first-order valence-corrected chi connectivity index (χ1v) is 4.39. The Labute approximate surface area is 78.2 Å². The smallest absolute Gasteiger partial charge is 0.305 e. The van der Waals surface area contributed by atoms with E-state index < -0.39 is 0 Å². The maximum absolute atomic E-state index is 10.9. The fourth-order valence-electron chi connectivity index (χ4n) is 0.897. The minimum absolute atomic E-state index is 0.220. The first-order valence-electron chi connectivity index (χ1n) is 4.39. The van der Waals surface area contributed by atoms with Gasteiger partial charge in [0.2, 0.25) is 0 Å². The predicted molar refractivity (Wildman–Crippen MR) is 47.1 cm³/mol. The number of carbonyl (C=O) groups excluding carboxylic acids is 2. The molecule has 0 radical (unpaired) electrons. The molecule has 0 spiro atoms. The highest BCUT2D eigenvalue weighted by molar-refractivity contribution is 5.69. The Kier molecular flexibility index (Phi) is 5.93. The fraction of sp³-hybridized carbons (Fsp3) is 0.778. The van der Waals surface area contributed by atoms with Gasteiger partial charge >= 0.3 is 11.9 Å². The van der Waals surface area contributed by atoms with Gasteiger partial charge in [0.25, 0.3) is 0 Å². The zero-order chi connectivity index (χ0) is 10.3.